The minimum absolute atomic E-state index is 0.112. The molecule has 0 N–H and O–H groups in total. The lowest BCUT2D eigenvalue weighted by Gasteiger charge is -2.36. The Bertz CT molecular complexity index is 488. The Hall–Kier alpha value is -1.69. The highest BCUT2D eigenvalue weighted by Gasteiger charge is 2.31. The maximum atomic E-state index is 12.6. The van der Waals surface area contributed by atoms with E-state index in [1.807, 2.05) is 4.90 Å². The normalized spacial score (nSPS) is 24.2. The van der Waals surface area contributed by atoms with Crippen molar-refractivity contribution in [3.63, 3.8) is 0 Å². The van der Waals surface area contributed by atoms with Crippen LogP contribution in [0.1, 0.15) is 25.7 Å². The van der Waals surface area contributed by atoms with E-state index in [4.69, 9.17) is 4.74 Å². The van der Waals surface area contributed by atoms with Crippen molar-refractivity contribution >= 4 is 5.91 Å². The molecule has 0 unspecified atom stereocenters. The highest BCUT2D eigenvalue weighted by atomic mass is 16.5. The van der Waals surface area contributed by atoms with Crippen molar-refractivity contribution in [2.45, 2.75) is 31.8 Å². The molecular weight excluding hydrogens is 280 g/mol. The molecule has 0 bridgehead atoms. The first-order chi connectivity index (χ1) is 10.7. The smallest absolute Gasteiger partial charge is 0.316 e. The zero-order valence-corrected chi connectivity index (χ0v) is 13.1. The van der Waals surface area contributed by atoms with Crippen molar-refractivity contribution in [2.24, 2.45) is 5.92 Å². The van der Waals surface area contributed by atoms with Gasteiger partial charge >= 0.3 is 6.01 Å². The number of carbonyl (C=O) groups is 1. The fraction of sp³-hybridized carbons (Fsp3) is 0.688. The number of hydrogen-bond donors (Lipinski definition) is 0. The van der Waals surface area contributed by atoms with Gasteiger partial charge in [-0.2, -0.15) is 0 Å². The summed E-state index contributed by atoms with van der Waals surface area (Å²) < 4.78 is 5.78. The van der Waals surface area contributed by atoms with Crippen LogP contribution >= 0.6 is 0 Å². The van der Waals surface area contributed by atoms with Gasteiger partial charge in [-0.3, -0.25) is 4.79 Å². The molecule has 1 amide bonds. The first-order valence-electron chi connectivity index (χ1n) is 8.13. The van der Waals surface area contributed by atoms with E-state index in [0.717, 1.165) is 51.9 Å². The number of hydrogen-bond acceptors (Lipinski definition) is 5. The van der Waals surface area contributed by atoms with Crippen molar-refractivity contribution in [2.75, 3.05) is 33.2 Å². The van der Waals surface area contributed by atoms with Crippen LogP contribution in [0.3, 0.4) is 0 Å². The van der Waals surface area contributed by atoms with Crippen LogP contribution in [-0.2, 0) is 4.79 Å². The minimum Gasteiger partial charge on any atom is -0.460 e. The van der Waals surface area contributed by atoms with E-state index in [9.17, 15) is 4.79 Å². The first kappa shape index (κ1) is 15.2. The Morgan fingerprint density at radius 2 is 1.91 bits per heavy atom. The summed E-state index contributed by atoms with van der Waals surface area (Å²) in [6.45, 7) is 3.55. The monoisotopic (exact) mass is 304 g/mol. The molecule has 0 radical (unpaired) electrons. The van der Waals surface area contributed by atoms with E-state index in [0.29, 0.717) is 11.9 Å². The van der Waals surface area contributed by atoms with Crippen LogP contribution in [0.4, 0.5) is 0 Å². The highest BCUT2D eigenvalue weighted by Crippen LogP contribution is 2.21. The average molecular weight is 304 g/mol. The second-order valence-electron chi connectivity index (χ2n) is 6.28. The average Bonchev–Trinajstić information content (AvgIpc) is 2.56. The SMILES string of the molecule is CN1CCC[C@H](C(=O)N2CCC(Oc3ncccn3)CC2)C1. The van der Waals surface area contributed by atoms with Gasteiger partial charge < -0.3 is 14.5 Å². The second kappa shape index (κ2) is 7.05. The number of amides is 1. The summed E-state index contributed by atoms with van der Waals surface area (Å²) in [4.78, 5) is 25.0. The third-order valence-electron chi connectivity index (χ3n) is 4.54. The first-order valence-corrected chi connectivity index (χ1v) is 8.13. The lowest BCUT2D eigenvalue weighted by molar-refractivity contribution is -0.139. The van der Waals surface area contributed by atoms with Crippen molar-refractivity contribution in [3.05, 3.63) is 18.5 Å². The molecule has 3 rings (SSSR count). The zero-order valence-electron chi connectivity index (χ0n) is 13.1. The molecule has 0 aromatic carbocycles. The van der Waals surface area contributed by atoms with Crippen molar-refractivity contribution in [1.82, 2.24) is 19.8 Å². The summed E-state index contributed by atoms with van der Waals surface area (Å²) in [5.41, 5.74) is 0. The number of carbonyl (C=O) groups excluding carboxylic acids is 1. The molecule has 6 nitrogen and oxygen atoms in total. The van der Waals surface area contributed by atoms with Gasteiger partial charge in [-0.1, -0.05) is 0 Å². The Kier molecular flexibility index (Phi) is 4.87. The minimum atomic E-state index is 0.112. The lowest BCUT2D eigenvalue weighted by atomic mass is 9.95. The molecule has 0 spiro atoms. The number of aromatic nitrogens is 2. The molecule has 0 aliphatic carbocycles. The molecule has 0 saturated carbocycles. The van der Waals surface area contributed by atoms with Crippen molar-refractivity contribution < 1.29 is 9.53 Å². The Morgan fingerprint density at radius 3 is 2.59 bits per heavy atom. The van der Waals surface area contributed by atoms with Crippen LogP contribution in [-0.4, -0.2) is 65.0 Å². The summed E-state index contributed by atoms with van der Waals surface area (Å²) >= 11 is 0. The van der Waals surface area contributed by atoms with Crippen molar-refractivity contribution in [1.29, 1.82) is 0 Å². The molecule has 2 aliphatic rings. The fourth-order valence-corrected chi connectivity index (χ4v) is 3.32. The van der Waals surface area contributed by atoms with E-state index < -0.39 is 0 Å². The second-order valence-corrected chi connectivity index (χ2v) is 6.28. The van der Waals surface area contributed by atoms with Gasteiger partial charge in [0.25, 0.3) is 0 Å². The Morgan fingerprint density at radius 1 is 1.18 bits per heavy atom. The number of piperidine rings is 2. The van der Waals surface area contributed by atoms with Crippen LogP contribution in [0, 0.1) is 5.92 Å². The van der Waals surface area contributed by atoms with Crippen LogP contribution in [0.5, 0.6) is 6.01 Å². The molecule has 1 aromatic heterocycles. The van der Waals surface area contributed by atoms with Gasteiger partial charge in [0.15, 0.2) is 0 Å². The molecule has 1 aromatic rings. The topological polar surface area (TPSA) is 58.6 Å². The third-order valence-corrected chi connectivity index (χ3v) is 4.54. The molecule has 2 saturated heterocycles. The van der Waals surface area contributed by atoms with Gasteiger partial charge in [0.1, 0.15) is 6.10 Å². The van der Waals surface area contributed by atoms with Gasteiger partial charge in [0.05, 0.1) is 5.92 Å². The molecule has 3 heterocycles. The van der Waals surface area contributed by atoms with Crippen LogP contribution < -0.4 is 4.74 Å². The maximum Gasteiger partial charge on any atom is 0.316 e. The van der Waals surface area contributed by atoms with Crippen molar-refractivity contribution in [3.8, 4) is 6.01 Å². The predicted octanol–water partition coefficient (Wildman–Crippen LogP) is 1.19. The van der Waals surface area contributed by atoms with Gasteiger partial charge in [-0.15, -0.1) is 0 Å². The zero-order chi connectivity index (χ0) is 15.4. The molecule has 2 fully saturated rings. The summed E-state index contributed by atoms with van der Waals surface area (Å²) in [6, 6.07) is 2.20. The van der Waals surface area contributed by atoms with E-state index in [1.165, 1.54) is 0 Å². The third kappa shape index (κ3) is 3.74. The van der Waals surface area contributed by atoms with Crippen LogP contribution in [0.2, 0.25) is 0 Å². The van der Waals surface area contributed by atoms with E-state index >= 15 is 0 Å². The summed E-state index contributed by atoms with van der Waals surface area (Å²) in [6.07, 6.45) is 7.33. The maximum absolute atomic E-state index is 12.6. The van der Waals surface area contributed by atoms with Gasteiger partial charge in [-0.05, 0) is 32.5 Å². The molecular formula is C16H24N4O2. The molecule has 6 heteroatoms. The summed E-state index contributed by atoms with van der Waals surface area (Å²) in [7, 11) is 2.10. The standard InChI is InChI=1S/C16H24N4O2/c1-19-9-2-4-13(12-19)15(21)20-10-5-14(6-11-20)22-16-17-7-3-8-18-16/h3,7-8,13-14H,2,4-6,9-12H2,1H3/t13-/m0/s1. The molecule has 120 valence electrons. The van der Waals surface area contributed by atoms with E-state index in [2.05, 4.69) is 21.9 Å². The molecule has 22 heavy (non-hydrogen) atoms. The number of rotatable bonds is 3. The molecule has 1 atom stereocenters. The largest absolute Gasteiger partial charge is 0.460 e. The number of ether oxygens (including phenoxy) is 1. The van der Waals surface area contributed by atoms with Gasteiger partial charge in [0.2, 0.25) is 5.91 Å². The lowest BCUT2D eigenvalue weighted by Crippen LogP contribution is -2.47. The van der Waals surface area contributed by atoms with Gasteiger partial charge in [0, 0.05) is 44.9 Å². The predicted molar refractivity (Wildman–Crippen MR) is 82.5 cm³/mol. The van der Waals surface area contributed by atoms with E-state index in [-0.39, 0.29) is 12.0 Å². The van der Waals surface area contributed by atoms with Gasteiger partial charge in [-0.25, -0.2) is 9.97 Å². The number of likely N-dealkylation sites (tertiary alicyclic amines) is 2. The highest BCUT2D eigenvalue weighted by molar-refractivity contribution is 5.79. The van der Waals surface area contributed by atoms with E-state index in [1.54, 1.807) is 18.5 Å². The van der Waals surface area contributed by atoms with Crippen LogP contribution in [0.15, 0.2) is 18.5 Å². The fourth-order valence-electron chi connectivity index (χ4n) is 3.32. The molecule has 2 aliphatic heterocycles. The summed E-state index contributed by atoms with van der Waals surface area (Å²) in [5, 5.41) is 0. The Labute approximate surface area is 131 Å². The Balaban J connectivity index is 1.48. The number of nitrogens with zero attached hydrogens (tertiary/aromatic N) is 4. The summed E-state index contributed by atoms with van der Waals surface area (Å²) in [5.74, 6) is 0.495. The van der Waals surface area contributed by atoms with Crippen LogP contribution in [0.25, 0.3) is 0 Å². The quantitative estimate of drug-likeness (QED) is 0.839.